The fourth-order valence-electron chi connectivity index (χ4n) is 2.04. The Morgan fingerprint density at radius 1 is 1.24 bits per heavy atom. The molecule has 0 spiro atoms. The summed E-state index contributed by atoms with van der Waals surface area (Å²) in [6.07, 6.45) is 3.49. The molecule has 0 fully saturated rings. The molecule has 2 aromatic carbocycles. The number of hydrogen-bond donors (Lipinski definition) is 2. The first-order chi connectivity index (χ1) is 12.1. The van der Waals surface area contributed by atoms with Crippen LogP contribution in [0, 0.1) is 10.1 Å². The third-order valence-electron chi connectivity index (χ3n) is 3.30. The summed E-state index contributed by atoms with van der Waals surface area (Å²) in [6, 6.07) is 13.5. The Hall–Kier alpha value is -3.35. The number of rotatable bonds is 7. The Morgan fingerprint density at radius 3 is 2.72 bits per heavy atom. The molecule has 0 aliphatic carbocycles. The molecule has 7 heteroatoms. The minimum atomic E-state index is -0.642. The topological polar surface area (TPSA) is 102 Å². The molecule has 1 amide bonds. The van der Waals surface area contributed by atoms with Crippen LogP contribution in [0.2, 0.25) is 0 Å². The molecule has 2 N–H and O–H groups in total. The summed E-state index contributed by atoms with van der Waals surface area (Å²) in [5, 5.41) is 22.7. The van der Waals surface area contributed by atoms with Gasteiger partial charge in [-0.25, -0.2) is 4.79 Å². The molecule has 0 atom stereocenters. The van der Waals surface area contributed by atoms with Gasteiger partial charge in [-0.05, 0) is 23.6 Å². The maximum atomic E-state index is 11.5. The van der Waals surface area contributed by atoms with Crippen LogP contribution >= 0.6 is 0 Å². The molecule has 2 rings (SSSR count). The number of hydrogen-bond acceptors (Lipinski definition) is 5. The first-order valence-electron chi connectivity index (χ1n) is 7.65. The van der Waals surface area contributed by atoms with E-state index in [-0.39, 0.29) is 18.0 Å². The maximum Gasteiger partial charge on any atom is 0.407 e. The van der Waals surface area contributed by atoms with E-state index >= 15 is 0 Å². The lowest BCUT2D eigenvalue weighted by molar-refractivity contribution is -0.385. The summed E-state index contributed by atoms with van der Waals surface area (Å²) in [5.74, 6) is -0.370. The number of amides is 1. The van der Waals surface area contributed by atoms with E-state index in [1.165, 1.54) is 12.1 Å². The monoisotopic (exact) mass is 342 g/mol. The van der Waals surface area contributed by atoms with Crippen LogP contribution in [0.5, 0.6) is 5.75 Å². The van der Waals surface area contributed by atoms with Gasteiger partial charge in [0.2, 0.25) is 0 Å². The van der Waals surface area contributed by atoms with E-state index in [2.05, 4.69) is 5.32 Å². The SMILES string of the molecule is O=C(NCCC=Cc1ccc(O)c([N+](=O)[O-])c1)OCc1ccccc1. The number of nitro groups is 1. The van der Waals surface area contributed by atoms with Crippen molar-refractivity contribution in [3.8, 4) is 5.75 Å². The van der Waals surface area contributed by atoms with E-state index in [0.29, 0.717) is 18.5 Å². The fraction of sp³-hybridized carbons (Fsp3) is 0.167. The average molecular weight is 342 g/mol. The quantitative estimate of drug-likeness (QED) is 0.454. The second-order valence-electron chi connectivity index (χ2n) is 5.18. The number of phenolic OH excluding ortho intramolecular Hbond substituents is 1. The second kappa shape index (κ2) is 9.07. The number of carbonyl (C=O) groups is 1. The van der Waals surface area contributed by atoms with Crippen LogP contribution in [0.4, 0.5) is 10.5 Å². The minimum absolute atomic E-state index is 0.208. The molecule has 7 nitrogen and oxygen atoms in total. The zero-order valence-electron chi connectivity index (χ0n) is 13.4. The van der Waals surface area contributed by atoms with Gasteiger partial charge in [0.25, 0.3) is 0 Å². The number of carbonyl (C=O) groups excluding carboxylic acids is 1. The predicted molar refractivity (Wildman–Crippen MR) is 93.0 cm³/mol. The first kappa shape index (κ1) is 18.0. The molecule has 0 aromatic heterocycles. The lowest BCUT2D eigenvalue weighted by atomic mass is 10.1. The first-order valence-corrected chi connectivity index (χ1v) is 7.65. The van der Waals surface area contributed by atoms with Crippen molar-refractivity contribution in [3.05, 3.63) is 75.8 Å². The molecule has 0 bridgehead atoms. The smallest absolute Gasteiger partial charge is 0.407 e. The van der Waals surface area contributed by atoms with Crippen molar-refractivity contribution in [1.29, 1.82) is 0 Å². The lowest BCUT2D eigenvalue weighted by Gasteiger charge is -2.05. The highest BCUT2D eigenvalue weighted by atomic mass is 16.6. The number of benzene rings is 2. The molecule has 130 valence electrons. The Balaban J connectivity index is 1.72. The fourth-order valence-corrected chi connectivity index (χ4v) is 2.04. The number of aromatic hydroxyl groups is 1. The van der Waals surface area contributed by atoms with E-state index in [0.717, 1.165) is 5.56 Å². The second-order valence-corrected chi connectivity index (χ2v) is 5.18. The van der Waals surface area contributed by atoms with Gasteiger partial charge in [0.15, 0.2) is 5.75 Å². The third-order valence-corrected chi connectivity index (χ3v) is 3.30. The normalized spacial score (nSPS) is 10.6. The van der Waals surface area contributed by atoms with Crippen molar-refractivity contribution in [3.63, 3.8) is 0 Å². The van der Waals surface area contributed by atoms with E-state index in [4.69, 9.17) is 4.74 Å². The van der Waals surface area contributed by atoms with Gasteiger partial charge in [0.1, 0.15) is 6.61 Å². The van der Waals surface area contributed by atoms with Gasteiger partial charge in [-0.3, -0.25) is 10.1 Å². The van der Waals surface area contributed by atoms with Gasteiger partial charge in [-0.15, -0.1) is 0 Å². The summed E-state index contributed by atoms with van der Waals surface area (Å²) >= 11 is 0. The molecule has 0 heterocycles. The van der Waals surface area contributed by atoms with Gasteiger partial charge < -0.3 is 15.2 Å². The Bertz CT molecular complexity index is 759. The van der Waals surface area contributed by atoms with Crippen molar-refractivity contribution in [2.75, 3.05) is 6.54 Å². The highest BCUT2D eigenvalue weighted by Crippen LogP contribution is 2.26. The Labute approximate surface area is 144 Å². The third kappa shape index (κ3) is 5.98. The molecule has 0 aliphatic heterocycles. The number of nitrogens with one attached hydrogen (secondary N) is 1. The molecule has 0 saturated heterocycles. The van der Waals surface area contributed by atoms with E-state index in [1.54, 1.807) is 18.2 Å². The van der Waals surface area contributed by atoms with Crippen LogP contribution < -0.4 is 5.32 Å². The Kier molecular flexibility index (Phi) is 6.53. The minimum Gasteiger partial charge on any atom is -0.502 e. The highest BCUT2D eigenvalue weighted by Gasteiger charge is 2.12. The van der Waals surface area contributed by atoms with Crippen molar-refractivity contribution in [2.45, 2.75) is 13.0 Å². The molecule has 2 aromatic rings. The number of phenols is 1. The summed E-state index contributed by atoms with van der Waals surface area (Å²) in [4.78, 5) is 21.7. The van der Waals surface area contributed by atoms with Crippen LogP contribution in [0.3, 0.4) is 0 Å². The standard InChI is InChI=1S/C18H18N2O5/c21-17-10-9-14(12-16(17)20(23)24)6-4-5-11-19-18(22)25-13-15-7-2-1-3-8-15/h1-4,6-10,12,21H,5,11,13H2,(H,19,22). The van der Waals surface area contributed by atoms with Crippen LogP contribution in [-0.4, -0.2) is 22.7 Å². The number of nitro benzene ring substituents is 1. The van der Waals surface area contributed by atoms with Crippen molar-refractivity contribution >= 4 is 17.9 Å². The van der Waals surface area contributed by atoms with E-state index < -0.39 is 11.0 Å². The zero-order chi connectivity index (χ0) is 18.1. The van der Waals surface area contributed by atoms with Gasteiger partial charge >= 0.3 is 11.8 Å². The van der Waals surface area contributed by atoms with Crippen LogP contribution in [0.25, 0.3) is 6.08 Å². The number of ether oxygens (including phenoxy) is 1. The van der Waals surface area contributed by atoms with Crippen molar-refractivity contribution < 1.29 is 19.6 Å². The zero-order valence-corrected chi connectivity index (χ0v) is 13.4. The molecular formula is C18H18N2O5. The van der Waals surface area contributed by atoms with E-state index in [1.807, 2.05) is 30.3 Å². The molecule has 0 radical (unpaired) electrons. The number of alkyl carbamates (subject to hydrolysis) is 1. The number of nitrogens with zero attached hydrogens (tertiary/aromatic N) is 1. The largest absolute Gasteiger partial charge is 0.502 e. The predicted octanol–water partition coefficient (Wildman–Crippen LogP) is 3.63. The molecule has 0 saturated carbocycles. The van der Waals surface area contributed by atoms with E-state index in [9.17, 15) is 20.0 Å². The molecular weight excluding hydrogens is 324 g/mol. The highest BCUT2D eigenvalue weighted by molar-refractivity contribution is 5.67. The van der Waals surface area contributed by atoms with Crippen molar-refractivity contribution in [1.82, 2.24) is 5.32 Å². The summed E-state index contributed by atoms with van der Waals surface area (Å²) in [6.45, 7) is 0.587. The van der Waals surface area contributed by atoms with Crippen molar-refractivity contribution in [2.24, 2.45) is 0 Å². The molecule has 25 heavy (non-hydrogen) atoms. The van der Waals surface area contributed by atoms with Gasteiger partial charge in [0.05, 0.1) is 4.92 Å². The Morgan fingerprint density at radius 2 is 2.00 bits per heavy atom. The lowest BCUT2D eigenvalue weighted by Crippen LogP contribution is -2.24. The van der Waals surface area contributed by atoms with Gasteiger partial charge in [-0.1, -0.05) is 48.6 Å². The maximum absolute atomic E-state index is 11.5. The summed E-state index contributed by atoms with van der Waals surface area (Å²) in [5.41, 5.74) is 1.16. The summed E-state index contributed by atoms with van der Waals surface area (Å²) < 4.78 is 5.07. The average Bonchev–Trinajstić information content (AvgIpc) is 2.61. The van der Waals surface area contributed by atoms with Gasteiger partial charge in [-0.2, -0.15) is 0 Å². The molecule has 0 unspecified atom stereocenters. The van der Waals surface area contributed by atoms with Crippen LogP contribution in [0.15, 0.2) is 54.6 Å². The van der Waals surface area contributed by atoms with Gasteiger partial charge in [0, 0.05) is 12.6 Å². The summed E-state index contributed by atoms with van der Waals surface area (Å²) in [7, 11) is 0. The van der Waals surface area contributed by atoms with Crippen LogP contribution in [0.1, 0.15) is 17.5 Å². The van der Waals surface area contributed by atoms with Crippen LogP contribution in [-0.2, 0) is 11.3 Å². The molecule has 0 aliphatic rings.